The van der Waals surface area contributed by atoms with Crippen molar-refractivity contribution in [3.8, 4) is 0 Å². The minimum atomic E-state index is -1.18. The number of hydrogen-bond donors (Lipinski definition) is 1. The molecule has 1 N–H and O–H groups in total. The maximum Gasteiger partial charge on any atom is 0.358 e. The third-order valence-electron chi connectivity index (χ3n) is 2.55. The van der Waals surface area contributed by atoms with Crippen molar-refractivity contribution in [3.63, 3.8) is 0 Å². The summed E-state index contributed by atoms with van der Waals surface area (Å²) < 4.78 is 3.59. The summed E-state index contributed by atoms with van der Waals surface area (Å²) in [6.07, 6.45) is 2.62. The minimum Gasteiger partial charge on any atom is -0.476 e. The summed E-state index contributed by atoms with van der Waals surface area (Å²) in [5.74, 6) is -1.18. The van der Waals surface area contributed by atoms with Gasteiger partial charge in [-0.15, -0.1) is 5.10 Å². The van der Waals surface area contributed by atoms with Crippen LogP contribution in [0.3, 0.4) is 0 Å². The average molecular weight is 265 g/mol. The Kier molecular flexibility index (Phi) is 3.27. The van der Waals surface area contributed by atoms with E-state index in [4.69, 9.17) is 5.11 Å². The Labute approximate surface area is 106 Å². The summed E-state index contributed by atoms with van der Waals surface area (Å²) >= 11 is 0. The van der Waals surface area contributed by atoms with Crippen LogP contribution in [0.2, 0.25) is 0 Å². The molecule has 19 heavy (non-hydrogen) atoms. The van der Waals surface area contributed by atoms with E-state index < -0.39 is 17.2 Å². The van der Waals surface area contributed by atoms with E-state index >= 15 is 0 Å². The van der Waals surface area contributed by atoms with E-state index in [-0.39, 0.29) is 18.8 Å². The van der Waals surface area contributed by atoms with E-state index in [0.29, 0.717) is 0 Å². The zero-order chi connectivity index (χ0) is 14.0. The lowest BCUT2D eigenvalue weighted by Crippen LogP contribution is -2.38. The summed E-state index contributed by atoms with van der Waals surface area (Å²) in [5, 5.41) is 15.7. The summed E-state index contributed by atoms with van der Waals surface area (Å²) in [4.78, 5) is 33.9. The van der Waals surface area contributed by atoms with Crippen LogP contribution in [0.25, 0.3) is 0 Å². The van der Waals surface area contributed by atoms with Crippen LogP contribution in [0.4, 0.5) is 0 Å². The zero-order valence-corrected chi connectivity index (χ0v) is 10.1. The monoisotopic (exact) mass is 265 g/mol. The second kappa shape index (κ2) is 4.88. The van der Waals surface area contributed by atoms with E-state index in [1.807, 2.05) is 0 Å². The van der Waals surface area contributed by atoms with Crippen LogP contribution in [0, 0.1) is 0 Å². The van der Waals surface area contributed by atoms with Gasteiger partial charge in [-0.3, -0.25) is 9.36 Å². The van der Waals surface area contributed by atoms with Crippen LogP contribution in [0.15, 0.2) is 28.0 Å². The highest BCUT2D eigenvalue weighted by Gasteiger charge is 2.09. The molecule has 0 unspecified atom stereocenters. The maximum absolute atomic E-state index is 11.7. The number of carboxylic acids is 1. The van der Waals surface area contributed by atoms with Gasteiger partial charge in [0.05, 0.1) is 19.3 Å². The Hall–Kier alpha value is -2.71. The average Bonchev–Trinajstić information content (AvgIpc) is 2.83. The number of nitrogens with zero attached hydrogens (tertiary/aromatic N) is 5. The van der Waals surface area contributed by atoms with Crippen LogP contribution in [-0.4, -0.2) is 35.2 Å². The fraction of sp³-hybridized carbons (Fsp3) is 0.300. The molecule has 9 nitrogen and oxygen atoms in total. The van der Waals surface area contributed by atoms with Gasteiger partial charge in [-0.05, 0) is 0 Å². The summed E-state index contributed by atoms with van der Waals surface area (Å²) in [6, 6.07) is 1.28. The normalized spacial score (nSPS) is 10.6. The summed E-state index contributed by atoms with van der Waals surface area (Å²) in [6.45, 7) is 0.272. The molecular weight excluding hydrogens is 254 g/mol. The molecule has 0 saturated heterocycles. The first-order valence-corrected chi connectivity index (χ1v) is 5.39. The third-order valence-corrected chi connectivity index (χ3v) is 2.55. The highest BCUT2D eigenvalue weighted by molar-refractivity contribution is 5.84. The number of aromatic carboxylic acids is 1. The van der Waals surface area contributed by atoms with Gasteiger partial charge in [0.1, 0.15) is 0 Å². The summed E-state index contributed by atoms with van der Waals surface area (Å²) in [5.41, 5.74) is -1.04. The molecule has 100 valence electrons. The van der Waals surface area contributed by atoms with Gasteiger partial charge in [-0.1, -0.05) is 5.21 Å². The lowest BCUT2D eigenvalue weighted by atomic mass is 10.5. The molecule has 0 radical (unpaired) electrons. The van der Waals surface area contributed by atoms with Crippen LogP contribution < -0.4 is 11.2 Å². The standard InChI is InChI=1S/C10H11N5O4/c1-13-3-2-8(16)15(10(13)19)5-4-14-6-7(9(17)18)11-12-14/h2-3,6H,4-5H2,1H3,(H,17,18). The van der Waals surface area contributed by atoms with E-state index in [9.17, 15) is 14.4 Å². The lowest BCUT2D eigenvalue weighted by molar-refractivity contribution is 0.0690. The van der Waals surface area contributed by atoms with Gasteiger partial charge in [0.2, 0.25) is 0 Å². The second-order valence-corrected chi connectivity index (χ2v) is 3.87. The molecule has 0 bridgehead atoms. The predicted octanol–water partition coefficient (Wildman–Crippen LogP) is -1.46. The molecule has 2 heterocycles. The van der Waals surface area contributed by atoms with E-state index in [0.717, 1.165) is 4.57 Å². The van der Waals surface area contributed by atoms with Crippen LogP contribution in [0.5, 0.6) is 0 Å². The van der Waals surface area contributed by atoms with Crippen molar-refractivity contribution in [2.45, 2.75) is 13.1 Å². The Morgan fingerprint density at radius 2 is 2.11 bits per heavy atom. The van der Waals surface area contributed by atoms with Gasteiger partial charge in [0, 0.05) is 19.3 Å². The number of hydrogen-bond acceptors (Lipinski definition) is 5. The number of aryl methyl sites for hydroxylation is 2. The lowest BCUT2D eigenvalue weighted by Gasteiger charge is -2.05. The van der Waals surface area contributed by atoms with E-state index in [1.54, 1.807) is 0 Å². The van der Waals surface area contributed by atoms with Gasteiger partial charge in [0.15, 0.2) is 5.69 Å². The van der Waals surface area contributed by atoms with Crippen molar-refractivity contribution in [2.24, 2.45) is 7.05 Å². The zero-order valence-electron chi connectivity index (χ0n) is 10.1. The summed E-state index contributed by atoms with van der Waals surface area (Å²) in [7, 11) is 1.54. The van der Waals surface area contributed by atoms with Crippen LogP contribution >= 0.6 is 0 Å². The fourth-order valence-electron chi connectivity index (χ4n) is 1.53. The largest absolute Gasteiger partial charge is 0.476 e. The Morgan fingerprint density at radius 3 is 2.74 bits per heavy atom. The molecule has 0 fully saturated rings. The fourth-order valence-corrected chi connectivity index (χ4v) is 1.53. The first-order chi connectivity index (χ1) is 8.99. The molecule has 2 aromatic rings. The van der Waals surface area contributed by atoms with Gasteiger partial charge >= 0.3 is 11.7 Å². The Balaban J connectivity index is 2.19. The van der Waals surface area contributed by atoms with Crippen molar-refractivity contribution in [1.29, 1.82) is 0 Å². The van der Waals surface area contributed by atoms with Crippen molar-refractivity contribution >= 4 is 5.97 Å². The molecule has 0 saturated carbocycles. The topological polar surface area (TPSA) is 112 Å². The van der Waals surface area contributed by atoms with Crippen LogP contribution in [-0.2, 0) is 20.1 Å². The van der Waals surface area contributed by atoms with Gasteiger partial charge in [0.25, 0.3) is 5.56 Å². The van der Waals surface area contributed by atoms with E-state index in [2.05, 4.69) is 10.3 Å². The second-order valence-electron chi connectivity index (χ2n) is 3.87. The number of carbonyl (C=O) groups is 1. The Bertz CT molecular complexity index is 726. The van der Waals surface area contributed by atoms with Crippen molar-refractivity contribution in [1.82, 2.24) is 24.1 Å². The first-order valence-electron chi connectivity index (χ1n) is 5.39. The van der Waals surface area contributed by atoms with Crippen molar-refractivity contribution < 1.29 is 9.90 Å². The SMILES string of the molecule is Cn1ccc(=O)n(CCn2cc(C(=O)O)nn2)c1=O. The molecule has 0 aromatic carbocycles. The molecule has 9 heteroatoms. The number of carboxylic acid groups (broad SMARTS) is 1. The molecule has 2 aromatic heterocycles. The van der Waals surface area contributed by atoms with Gasteiger partial charge in [-0.25, -0.2) is 14.3 Å². The highest BCUT2D eigenvalue weighted by atomic mass is 16.4. The number of aromatic nitrogens is 5. The smallest absolute Gasteiger partial charge is 0.358 e. The van der Waals surface area contributed by atoms with E-state index in [1.165, 1.54) is 34.8 Å². The number of rotatable bonds is 4. The predicted molar refractivity (Wildman–Crippen MR) is 62.9 cm³/mol. The highest BCUT2D eigenvalue weighted by Crippen LogP contribution is 1.92. The molecule has 0 amide bonds. The van der Waals surface area contributed by atoms with Gasteiger partial charge < -0.3 is 9.67 Å². The molecule has 0 atom stereocenters. The minimum absolute atomic E-state index is 0.0920. The maximum atomic E-state index is 11.7. The molecule has 0 aliphatic carbocycles. The quantitative estimate of drug-likeness (QED) is 0.722. The van der Waals surface area contributed by atoms with Crippen molar-refractivity contribution in [3.05, 3.63) is 45.0 Å². The third kappa shape index (κ3) is 2.59. The molecular formula is C10H11N5O4. The van der Waals surface area contributed by atoms with Gasteiger partial charge in [-0.2, -0.15) is 0 Å². The molecule has 0 aliphatic rings. The first kappa shape index (κ1) is 12.7. The van der Waals surface area contributed by atoms with Crippen LogP contribution in [0.1, 0.15) is 10.5 Å². The molecule has 0 aliphatic heterocycles. The van der Waals surface area contributed by atoms with Crippen molar-refractivity contribution in [2.75, 3.05) is 0 Å². The molecule has 2 rings (SSSR count). The molecule has 0 spiro atoms. The Morgan fingerprint density at radius 1 is 1.37 bits per heavy atom.